The average molecular weight is 535 g/mol. The van der Waals surface area contributed by atoms with E-state index in [1.54, 1.807) is 12.1 Å². The topological polar surface area (TPSA) is 103 Å². The van der Waals surface area contributed by atoms with Crippen LogP contribution in [0.2, 0.25) is 0 Å². The molecular formula is C31H38N2O6. The van der Waals surface area contributed by atoms with Crippen LogP contribution in [0.1, 0.15) is 51.5 Å². The molecule has 2 fully saturated rings. The second-order valence-corrected chi connectivity index (χ2v) is 10.0. The van der Waals surface area contributed by atoms with Gasteiger partial charge >= 0.3 is 0 Å². The van der Waals surface area contributed by atoms with E-state index in [0.717, 1.165) is 46.6 Å². The zero-order valence-corrected chi connectivity index (χ0v) is 21.4. The van der Waals surface area contributed by atoms with Crippen molar-refractivity contribution in [1.82, 2.24) is 10.8 Å². The SMILES string of the molecule is C.Cc1ccc(CC(=O)C2(C)CC2)cc1-c1ccc(C(=O)N[C@@H]2CONC2=O)cc1.[HH].[HH].c1ccc2c(c1)OCO2. The zero-order chi connectivity index (χ0) is 26.7. The number of Topliss-reactive ketones (excluding diaryl/α,β-unsaturated/α-hetero) is 1. The maximum Gasteiger partial charge on any atom is 0.268 e. The van der Waals surface area contributed by atoms with E-state index in [1.165, 1.54) is 0 Å². The van der Waals surface area contributed by atoms with Crippen molar-refractivity contribution in [2.24, 2.45) is 5.41 Å². The van der Waals surface area contributed by atoms with Crippen LogP contribution in [0.15, 0.2) is 66.7 Å². The summed E-state index contributed by atoms with van der Waals surface area (Å²) in [4.78, 5) is 41.1. The predicted octanol–water partition coefficient (Wildman–Crippen LogP) is 5.28. The molecule has 0 radical (unpaired) electrons. The number of para-hydroxylation sites is 2. The Morgan fingerprint density at radius 1 is 1.03 bits per heavy atom. The van der Waals surface area contributed by atoms with Gasteiger partial charge < -0.3 is 14.8 Å². The lowest BCUT2D eigenvalue weighted by Crippen LogP contribution is -2.41. The lowest BCUT2D eigenvalue weighted by molar-refractivity contribution is -0.125. The molecule has 1 atom stereocenters. The van der Waals surface area contributed by atoms with E-state index in [0.29, 0.717) is 24.6 Å². The fourth-order valence-electron chi connectivity index (χ4n) is 4.29. The van der Waals surface area contributed by atoms with Gasteiger partial charge in [-0.1, -0.05) is 56.8 Å². The van der Waals surface area contributed by atoms with Gasteiger partial charge in [0.05, 0.1) is 0 Å². The number of carbonyl (C=O) groups excluding carboxylic acids is 3. The molecule has 0 aromatic heterocycles. The number of fused-ring (bicyclic) bond motifs is 1. The number of nitrogens with one attached hydrogen (secondary N) is 2. The highest BCUT2D eigenvalue weighted by Gasteiger charge is 2.43. The number of hydrogen-bond donors (Lipinski definition) is 2. The lowest BCUT2D eigenvalue weighted by Gasteiger charge is -2.12. The van der Waals surface area contributed by atoms with Crippen molar-refractivity contribution in [3.8, 4) is 22.6 Å². The predicted molar refractivity (Wildman–Crippen MR) is 152 cm³/mol. The Hall–Kier alpha value is -4.17. The molecule has 0 unspecified atom stereocenters. The summed E-state index contributed by atoms with van der Waals surface area (Å²) in [7, 11) is 0. The van der Waals surface area contributed by atoms with E-state index < -0.39 is 6.04 Å². The van der Waals surface area contributed by atoms with Gasteiger partial charge in [0.1, 0.15) is 18.4 Å². The van der Waals surface area contributed by atoms with Crippen LogP contribution in [-0.4, -0.2) is 37.0 Å². The van der Waals surface area contributed by atoms with Gasteiger partial charge in [-0.25, -0.2) is 5.48 Å². The second kappa shape index (κ2) is 11.7. The molecular weight excluding hydrogens is 496 g/mol. The number of ether oxygens (including phenoxy) is 2. The van der Waals surface area contributed by atoms with E-state index in [4.69, 9.17) is 14.3 Å². The van der Waals surface area contributed by atoms with E-state index in [9.17, 15) is 14.4 Å². The van der Waals surface area contributed by atoms with Gasteiger partial charge in [0.15, 0.2) is 11.5 Å². The number of hydroxylamine groups is 1. The highest BCUT2D eigenvalue weighted by Crippen LogP contribution is 2.46. The van der Waals surface area contributed by atoms with E-state index >= 15 is 0 Å². The normalized spacial score (nSPS) is 17.7. The van der Waals surface area contributed by atoms with Crippen LogP contribution in [0.4, 0.5) is 0 Å². The Balaban J connectivity index is 0.000000417. The van der Waals surface area contributed by atoms with Crippen LogP contribution in [0.5, 0.6) is 11.5 Å². The van der Waals surface area contributed by atoms with Gasteiger partial charge in [0.2, 0.25) is 6.79 Å². The molecule has 39 heavy (non-hydrogen) atoms. The minimum Gasteiger partial charge on any atom is -0.454 e. The summed E-state index contributed by atoms with van der Waals surface area (Å²) < 4.78 is 10.2. The first-order valence-electron chi connectivity index (χ1n) is 12.6. The summed E-state index contributed by atoms with van der Waals surface area (Å²) in [5.74, 6) is 1.32. The van der Waals surface area contributed by atoms with Crippen molar-refractivity contribution in [1.29, 1.82) is 0 Å². The number of benzene rings is 3. The van der Waals surface area contributed by atoms with Crippen LogP contribution in [0.3, 0.4) is 0 Å². The van der Waals surface area contributed by atoms with Crippen LogP contribution in [0.25, 0.3) is 11.1 Å². The quantitative estimate of drug-likeness (QED) is 0.446. The number of amides is 2. The Bertz CT molecular complexity index is 1350. The standard InChI is InChI=1S/C23H24N2O4.C7H6O2.CH4.2H2/c1-14-3-4-15(12-20(26)23(2)9-10-23)11-18(14)16-5-7-17(8-6-16)21(27)24-19-13-29-25-22(19)28;1-2-4-7-6(3-1)8-5-9-7;;;/h3-8,11,19H,9-10,12-13H2,1-2H3,(H,24,27)(H,25,28);1-4H,5H2;1H4;2*1H/t19-;;;;/m1..../s1. The van der Waals surface area contributed by atoms with Crippen LogP contribution in [0, 0.1) is 12.3 Å². The van der Waals surface area contributed by atoms with Gasteiger partial charge in [0.25, 0.3) is 11.8 Å². The number of aryl methyl sites for hydroxylation is 1. The van der Waals surface area contributed by atoms with Crippen LogP contribution >= 0.6 is 0 Å². The molecule has 2 amide bonds. The van der Waals surface area contributed by atoms with Gasteiger partial charge in [-0.3, -0.25) is 19.2 Å². The second-order valence-electron chi connectivity index (χ2n) is 10.0. The third-order valence-electron chi connectivity index (χ3n) is 7.12. The molecule has 208 valence electrons. The van der Waals surface area contributed by atoms with Gasteiger partial charge in [-0.05, 0) is 66.3 Å². The minimum atomic E-state index is -0.674. The molecule has 0 bridgehead atoms. The summed E-state index contributed by atoms with van der Waals surface area (Å²) in [5, 5.41) is 2.65. The number of ketones is 1. The smallest absolute Gasteiger partial charge is 0.268 e. The lowest BCUT2D eigenvalue weighted by atomic mass is 9.92. The molecule has 3 aliphatic rings. The molecule has 0 spiro atoms. The largest absolute Gasteiger partial charge is 0.454 e. The van der Waals surface area contributed by atoms with Gasteiger partial charge in [-0.15, -0.1) is 0 Å². The van der Waals surface area contributed by atoms with Gasteiger partial charge in [-0.2, -0.15) is 0 Å². The summed E-state index contributed by atoms with van der Waals surface area (Å²) in [6, 6.07) is 20.3. The number of rotatable bonds is 6. The number of hydrogen-bond acceptors (Lipinski definition) is 6. The third-order valence-corrected chi connectivity index (χ3v) is 7.12. The van der Waals surface area contributed by atoms with Crippen molar-refractivity contribution in [3.05, 3.63) is 83.4 Å². The summed E-state index contributed by atoms with van der Waals surface area (Å²) in [6.45, 7) is 4.55. The minimum absolute atomic E-state index is 0. The fraction of sp³-hybridized carbons (Fsp3) is 0.323. The first kappa shape index (κ1) is 27.9. The molecule has 3 aromatic carbocycles. The average Bonchev–Trinajstić information content (AvgIpc) is 3.30. The molecule has 2 aliphatic heterocycles. The Labute approximate surface area is 231 Å². The zero-order valence-electron chi connectivity index (χ0n) is 21.4. The fourth-order valence-corrected chi connectivity index (χ4v) is 4.29. The molecule has 8 heteroatoms. The van der Waals surface area contributed by atoms with Crippen LogP contribution < -0.4 is 20.3 Å². The van der Waals surface area contributed by atoms with Crippen LogP contribution in [-0.2, 0) is 20.8 Å². The molecule has 3 aromatic rings. The highest BCUT2D eigenvalue weighted by molar-refractivity contribution is 5.98. The highest BCUT2D eigenvalue weighted by atomic mass is 16.7. The number of carbonyl (C=O) groups is 3. The molecule has 2 N–H and O–H groups in total. The van der Waals surface area contributed by atoms with Crippen molar-refractivity contribution in [3.63, 3.8) is 0 Å². The maximum absolute atomic E-state index is 12.4. The third kappa shape index (κ3) is 6.46. The van der Waals surface area contributed by atoms with Crippen molar-refractivity contribution < 1.29 is 31.5 Å². The molecule has 1 saturated heterocycles. The van der Waals surface area contributed by atoms with E-state index in [1.807, 2.05) is 62.4 Å². The first-order chi connectivity index (χ1) is 18.3. The Kier molecular flexibility index (Phi) is 8.35. The van der Waals surface area contributed by atoms with E-state index in [2.05, 4.69) is 16.9 Å². The monoisotopic (exact) mass is 534 g/mol. The molecule has 1 aliphatic carbocycles. The summed E-state index contributed by atoms with van der Waals surface area (Å²) in [6.07, 6.45) is 2.43. The van der Waals surface area contributed by atoms with Crippen molar-refractivity contribution in [2.45, 2.75) is 46.6 Å². The molecule has 8 nitrogen and oxygen atoms in total. The molecule has 6 rings (SSSR count). The molecule has 1 saturated carbocycles. The Morgan fingerprint density at radius 3 is 2.28 bits per heavy atom. The molecule has 2 heterocycles. The maximum atomic E-state index is 12.4. The van der Waals surface area contributed by atoms with Crippen molar-refractivity contribution in [2.75, 3.05) is 13.4 Å². The van der Waals surface area contributed by atoms with Crippen molar-refractivity contribution >= 4 is 17.6 Å². The van der Waals surface area contributed by atoms with Gasteiger partial charge in [0, 0.05) is 20.3 Å². The first-order valence-corrected chi connectivity index (χ1v) is 12.6. The van der Waals surface area contributed by atoms with E-state index in [-0.39, 0.29) is 34.1 Å². The Morgan fingerprint density at radius 2 is 1.69 bits per heavy atom. The summed E-state index contributed by atoms with van der Waals surface area (Å²) >= 11 is 0. The summed E-state index contributed by atoms with van der Waals surface area (Å²) in [5.41, 5.74) is 6.71.